The van der Waals surface area contributed by atoms with Crippen LogP contribution in [0.2, 0.25) is 0 Å². The highest BCUT2D eigenvalue weighted by Gasteiger charge is 2.37. The molecule has 1 aromatic heterocycles. The third kappa shape index (κ3) is 4.67. The van der Waals surface area contributed by atoms with Crippen molar-refractivity contribution >= 4 is 23.4 Å². The number of benzene rings is 2. The lowest BCUT2D eigenvalue weighted by molar-refractivity contribution is -0.116. The molecule has 0 bridgehead atoms. The highest BCUT2D eigenvalue weighted by atomic mass is 32.2. The molecule has 9 heteroatoms. The smallest absolute Gasteiger partial charge is 0.240 e. The predicted molar refractivity (Wildman–Crippen MR) is 125 cm³/mol. The Kier molecular flexibility index (Phi) is 6.84. The second-order valence-corrected chi connectivity index (χ2v) is 8.46. The summed E-state index contributed by atoms with van der Waals surface area (Å²) in [6, 6.07) is 14.9. The van der Waals surface area contributed by atoms with E-state index in [1.165, 1.54) is 11.8 Å². The molecule has 2 atom stereocenters. The van der Waals surface area contributed by atoms with Gasteiger partial charge in [-0.3, -0.25) is 4.79 Å². The van der Waals surface area contributed by atoms with E-state index in [0.29, 0.717) is 17.5 Å². The van der Waals surface area contributed by atoms with Crippen molar-refractivity contribution in [3.05, 3.63) is 59.9 Å². The van der Waals surface area contributed by atoms with Gasteiger partial charge in [0.15, 0.2) is 5.82 Å². The molecule has 0 spiro atoms. The van der Waals surface area contributed by atoms with Crippen LogP contribution in [0, 0.1) is 0 Å². The zero-order chi connectivity index (χ0) is 22.5. The number of rotatable bonds is 8. The van der Waals surface area contributed by atoms with Crippen LogP contribution in [0.15, 0.2) is 53.7 Å². The zero-order valence-electron chi connectivity index (χ0n) is 18.4. The van der Waals surface area contributed by atoms with Crippen LogP contribution in [0.1, 0.15) is 37.7 Å². The summed E-state index contributed by atoms with van der Waals surface area (Å²) in [6.45, 7) is 4.66. The Bertz CT molecular complexity index is 1050. The molecule has 32 heavy (non-hydrogen) atoms. The average molecular weight is 454 g/mol. The summed E-state index contributed by atoms with van der Waals surface area (Å²) >= 11 is 1.41. The van der Waals surface area contributed by atoms with Crippen LogP contribution in [0.5, 0.6) is 11.5 Å². The van der Waals surface area contributed by atoms with Gasteiger partial charge in [-0.1, -0.05) is 30.8 Å². The molecule has 2 unspecified atom stereocenters. The van der Waals surface area contributed by atoms with Crippen molar-refractivity contribution in [2.45, 2.75) is 43.1 Å². The van der Waals surface area contributed by atoms with E-state index in [0.717, 1.165) is 35.7 Å². The van der Waals surface area contributed by atoms with Crippen molar-refractivity contribution in [1.82, 2.24) is 14.9 Å². The summed E-state index contributed by atoms with van der Waals surface area (Å²) in [4.78, 5) is 13.3. The van der Waals surface area contributed by atoms with Crippen LogP contribution >= 0.6 is 11.8 Å². The van der Waals surface area contributed by atoms with Crippen LogP contribution in [0.4, 0.5) is 5.69 Å². The van der Waals surface area contributed by atoms with E-state index in [-0.39, 0.29) is 11.9 Å². The van der Waals surface area contributed by atoms with Gasteiger partial charge >= 0.3 is 0 Å². The molecule has 0 saturated carbocycles. The summed E-state index contributed by atoms with van der Waals surface area (Å²) in [6.07, 6.45) is 1.76. The molecule has 2 N–H and O–H groups in total. The first kappa shape index (κ1) is 22.0. The number of fused-ring (bicyclic) bond motifs is 1. The van der Waals surface area contributed by atoms with Crippen LogP contribution in [-0.4, -0.2) is 39.7 Å². The lowest BCUT2D eigenvalue weighted by Crippen LogP contribution is -2.41. The predicted octanol–water partition coefficient (Wildman–Crippen LogP) is 4.04. The second-order valence-electron chi connectivity index (χ2n) is 7.35. The molecule has 0 saturated heterocycles. The molecule has 168 valence electrons. The minimum atomic E-state index is -0.443. The minimum Gasteiger partial charge on any atom is -0.497 e. The van der Waals surface area contributed by atoms with Crippen LogP contribution in [0.3, 0.4) is 0 Å². The van der Waals surface area contributed by atoms with E-state index < -0.39 is 5.25 Å². The molecule has 0 radical (unpaired) electrons. The number of hydrogen-bond donors (Lipinski definition) is 2. The number of methoxy groups -OCH3 is 1. The molecule has 0 aliphatic carbocycles. The summed E-state index contributed by atoms with van der Waals surface area (Å²) in [5.41, 5.74) is 5.18. The normalized spacial score (nSPS) is 17.2. The van der Waals surface area contributed by atoms with Gasteiger partial charge in [0, 0.05) is 12.1 Å². The number of ether oxygens (including phenoxy) is 2. The number of amides is 1. The van der Waals surface area contributed by atoms with E-state index in [2.05, 4.69) is 27.9 Å². The second kappa shape index (κ2) is 9.95. The fourth-order valence-electron chi connectivity index (χ4n) is 3.56. The molecular formula is C23H27N5O3S. The number of aryl methyl sites for hydroxylation is 1. The number of aromatic nitrogens is 3. The lowest BCUT2D eigenvalue weighted by atomic mass is 10.0. The van der Waals surface area contributed by atoms with Crippen molar-refractivity contribution in [1.29, 1.82) is 0 Å². The largest absolute Gasteiger partial charge is 0.497 e. The zero-order valence-corrected chi connectivity index (χ0v) is 19.2. The van der Waals surface area contributed by atoms with E-state index in [1.54, 1.807) is 7.11 Å². The van der Waals surface area contributed by atoms with Gasteiger partial charge in [0.25, 0.3) is 0 Å². The molecule has 4 rings (SSSR count). The quantitative estimate of drug-likeness (QED) is 0.532. The lowest BCUT2D eigenvalue weighted by Gasteiger charge is -2.33. The Hall–Kier alpha value is -3.20. The van der Waals surface area contributed by atoms with Gasteiger partial charge in [-0.25, -0.2) is 4.68 Å². The number of nitrogens with one attached hydrogen (secondary N) is 2. The van der Waals surface area contributed by atoms with Crippen molar-refractivity contribution in [3.63, 3.8) is 0 Å². The van der Waals surface area contributed by atoms with Gasteiger partial charge in [0.2, 0.25) is 11.1 Å². The van der Waals surface area contributed by atoms with Crippen molar-refractivity contribution in [2.75, 3.05) is 24.5 Å². The third-order valence-electron chi connectivity index (χ3n) is 5.14. The maximum absolute atomic E-state index is 13.3. The Morgan fingerprint density at radius 3 is 2.47 bits per heavy atom. The molecular weight excluding hydrogens is 426 g/mol. The molecule has 3 aromatic rings. The van der Waals surface area contributed by atoms with Gasteiger partial charge in [-0.05, 0) is 55.3 Å². The number of thioether (sulfide) groups is 1. The maximum atomic E-state index is 13.3. The van der Waals surface area contributed by atoms with Crippen LogP contribution in [-0.2, 0) is 11.2 Å². The van der Waals surface area contributed by atoms with E-state index in [9.17, 15) is 4.79 Å². The van der Waals surface area contributed by atoms with Gasteiger partial charge < -0.3 is 20.2 Å². The summed E-state index contributed by atoms with van der Waals surface area (Å²) < 4.78 is 12.7. The van der Waals surface area contributed by atoms with Crippen LogP contribution in [0.25, 0.3) is 0 Å². The molecule has 1 aliphatic rings. The number of hydrogen-bond acceptors (Lipinski definition) is 7. The van der Waals surface area contributed by atoms with E-state index in [1.807, 2.05) is 60.1 Å². The summed E-state index contributed by atoms with van der Waals surface area (Å²) in [5, 5.41) is 11.9. The van der Waals surface area contributed by atoms with Gasteiger partial charge in [-0.2, -0.15) is 0 Å². The maximum Gasteiger partial charge on any atom is 0.240 e. The molecule has 1 aliphatic heterocycles. The molecule has 1 amide bonds. The number of carbonyl (C=O) groups is 1. The monoisotopic (exact) mass is 453 g/mol. The van der Waals surface area contributed by atoms with Gasteiger partial charge in [0.1, 0.15) is 16.7 Å². The fourth-order valence-corrected chi connectivity index (χ4v) is 4.66. The first-order chi connectivity index (χ1) is 15.6. The van der Waals surface area contributed by atoms with Crippen molar-refractivity contribution < 1.29 is 14.3 Å². The Labute approximate surface area is 191 Å². The van der Waals surface area contributed by atoms with E-state index >= 15 is 0 Å². The molecule has 2 heterocycles. The molecule has 0 fully saturated rings. The van der Waals surface area contributed by atoms with Gasteiger partial charge in [0.05, 0.1) is 19.8 Å². The Morgan fingerprint density at radius 1 is 1.09 bits per heavy atom. The number of nitrogens with zero attached hydrogens (tertiary/aromatic N) is 3. The van der Waals surface area contributed by atoms with E-state index in [4.69, 9.17) is 9.47 Å². The topological polar surface area (TPSA) is 90.3 Å². The van der Waals surface area contributed by atoms with Crippen LogP contribution < -0.4 is 20.2 Å². The number of anilines is 1. The van der Waals surface area contributed by atoms with Crippen molar-refractivity contribution in [2.24, 2.45) is 0 Å². The highest BCUT2D eigenvalue weighted by molar-refractivity contribution is 8.00. The number of carbonyl (C=O) groups excluding carboxylic acids is 1. The highest BCUT2D eigenvalue weighted by Crippen LogP contribution is 2.38. The van der Waals surface area contributed by atoms with Crippen molar-refractivity contribution in [3.8, 4) is 11.5 Å². The fraction of sp³-hybridized carbons (Fsp3) is 0.348. The minimum absolute atomic E-state index is 0.113. The molecule has 2 aromatic carbocycles. The molecule has 8 nitrogen and oxygen atoms in total. The average Bonchev–Trinajstić information content (AvgIpc) is 3.21. The summed E-state index contributed by atoms with van der Waals surface area (Å²) in [7, 11) is 1.61. The van der Waals surface area contributed by atoms with Gasteiger partial charge in [-0.15, -0.1) is 10.2 Å². The summed E-state index contributed by atoms with van der Waals surface area (Å²) in [5.74, 6) is 2.29. The first-order valence-electron chi connectivity index (χ1n) is 10.7. The standard InChI is InChI=1S/C23H27N5O3S/c1-4-6-19-25-26-23-28(19)27-20(15-7-11-18(12-8-15)31-5-2)21(32-23)22(29)24-16-9-13-17(30-3)14-10-16/h7-14,20-21,27H,4-6H2,1-3H3,(H,24,29). The Morgan fingerprint density at radius 2 is 1.81 bits per heavy atom. The first-order valence-corrected chi connectivity index (χ1v) is 11.6. The SMILES string of the molecule is CCCc1nnc2n1NC(c1ccc(OCC)cc1)C(C(=O)Nc1ccc(OC)cc1)S2. The Balaban J connectivity index is 1.62. The third-order valence-corrected chi connectivity index (χ3v) is 6.36.